The zero-order chi connectivity index (χ0) is 20.4. The fourth-order valence-electron chi connectivity index (χ4n) is 3.43. The Morgan fingerprint density at radius 2 is 1.79 bits per heavy atom. The first-order valence-electron chi connectivity index (χ1n) is 9.31. The minimum Gasteiger partial charge on any atom is -0.465 e. The zero-order valence-electron chi connectivity index (χ0n) is 16.5. The molecular weight excluding hydrogens is 376 g/mol. The molecule has 0 bridgehead atoms. The van der Waals surface area contributed by atoms with Crippen LogP contribution in [0, 0.1) is 0 Å². The Morgan fingerprint density at radius 1 is 1.14 bits per heavy atom. The van der Waals surface area contributed by atoms with E-state index in [1.54, 1.807) is 24.3 Å². The largest absolute Gasteiger partial charge is 0.465 e. The molecule has 0 fully saturated rings. The summed E-state index contributed by atoms with van der Waals surface area (Å²) < 4.78 is 4.98. The Kier molecular flexibility index (Phi) is 5.96. The van der Waals surface area contributed by atoms with Crippen molar-refractivity contribution in [1.29, 1.82) is 0 Å². The summed E-state index contributed by atoms with van der Waals surface area (Å²) in [6, 6.07) is 6.97. The normalized spacial score (nSPS) is 15.8. The number of benzene rings is 1. The number of nitrogens with one attached hydrogen (secondary N) is 2. The van der Waals surface area contributed by atoms with Crippen molar-refractivity contribution in [2.75, 3.05) is 19.0 Å². The lowest BCUT2D eigenvalue weighted by Crippen LogP contribution is -3.14. The van der Waals surface area contributed by atoms with Gasteiger partial charge >= 0.3 is 5.97 Å². The molecule has 148 valence electrons. The van der Waals surface area contributed by atoms with Gasteiger partial charge in [0.05, 0.1) is 30.1 Å². The van der Waals surface area contributed by atoms with Crippen molar-refractivity contribution >= 4 is 34.0 Å². The number of rotatable bonds is 5. The molecule has 1 atom stereocenters. The summed E-state index contributed by atoms with van der Waals surface area (Å²) in [5.74, 6) is -0.789. The molecule has 0 aliphatic carbocycles. The van der Waals surface area contributed by atoms with Crippen LogP contribution in [-0.2, 0) is 17.7 Å². The summed E-state index contributed by atoms with van der Waals surface area (Å²) in [5.41, 5.74) is 2.44. The Hall–Kier alpha value is -2.51. The quantitative estimate of drug-likeness (QED) is 0.596. The first-order chi connectivity index (χ1) is 13.3. The van der Waals surface area contributed by atoms with E-state index in [1.165, 1.54) is 30.3 Å². The van der Waals surface area contributed by atoms with Crippen LogP contribution >= 0.6 is 11.3 Å². The number of ketones is 1. The van der Waals surface area contributed by atoms with Crippen LogP contribution in [-0.4, -0.2) is 37.4 Å². The number of esters is 1. The molecule has 3 rings (SSSR count). The Bertz CT molecular complexity index is 915. The second kappa shape index (κ2) is 8.24. The highest BCUT2D eigenvalue weighted by atomic mass is 32.1. The average molecular weight is 402 g/mol. The number of hydrogen-bond donors (Lipinski definition) is 2. The third-order valence-corrected chi connectivity index (χ3v) is 6.31. The van der Waals surface area contributed by atoms with Gasteiger partial charge in [-0.05, 0) is 38.5 Å². The predicted octanol–water partition coefficient (Wildman–Crippen LogP) is 2.34. The predicted molar refractivity (Wildman–Crippen MR) is 108 cm³/mol. The van der Waals surface area contributed by atoms with E-state index in [1.807, 2.05) is 0 Å². The van der Waals surface area contributed by atoms with Gasteiger partial charge in [-0.15, -0.1) is 11.3 Å². The standard InChI is InChI=1S/C21H24N2O4S/c1-12(2)23-10-9-16-17(11-23)28-20(18(16)21(26)27-4)22-19(25)15-7-5-14(6-8-15)13(3)24/h5-8,12H,9-11H2,1-4H3,(H,22,25)/p+1. The number of fused-ring (bicyclic) bond motifs is 1. The first-order valence-corrected chi connectivity index (χ1v) is 10.1. The van der Waals surface area contributed by atoms with E-state index in [2.05, 4.69) is 19.2 Å². The highest BCUT2D eigenvalue weighted by molar-refractivity contribution is 7.17. The van der Waals surface area contributed by atoms with E-state index >= 15 is 0 Å². The lowest BCUT2D eigenvalue weighted by Gasteiger charge is -2.27. The van der Waals surface area contributed by atoms with Gasteiger partial charge in [0, 0.05) is 17.5 Å². The fourth-order valence-corrected chi connectivity index (χ4v) is 4.71. The van der Waals surface area contributed by atoms with Crippen LogP contribution in [0.2, 0.25) is 0 Å². The molecule has 1 unspecified atom stereocenters. The molecule has 1 aliphatic heterocycles. The molecule has 1 aliphatic rings. The monoisotopic (exact) mass is 401 g/mol. The van der Waals surface area contributed by atoms with E-state index in [-0.39, 0.29) is 11.7 Å². The van der Waals surface area contributed by atoms with Crippen molar-refractivity contribution in [2.24, 2.45) is 0 Å². The van der Waals surface area contributed by atoms with E-state index in [0.717, 1.165) is 30.0 Å². The molecule has 1 aromatic carbocycles. The van der Waals surface area contributed by atoms with Crippen LogP contribution in [0.3, 0.4) is 0 Å². The van der Waals surface area contributed by atoms with E-state index in [9.17, 15) is 14.4 Å². The van der Waals surface area contributed by atoms with Crippen LogP contribution in [0.4, 0.5) is 5.00 Å². The number of Topliss-reactive ketones (excluding diaryl/α,β-unsaturated/α-hetero) is 1. The number of quaternary nitrogens is 1. The van der Waals surface area contributed by atoms with Crippen LogP contribution < -0.4 is 10.2 Å². The maximum atomic E-state index is 12.7. The van der Waals surface area contributed by atoms with E-state index in [0.29, 0.717) is 27.7 Å². The molecule has 1 aromatic heterocycles. The van der Waals surface area contributed by atoms with Crippen LogP contribution in [0.1, 0.15) is 62.3 Å². The summed E-state index contributed by atoms with van der Waals surface area (Å²) in [6.07, 6.45) is 0.785. The fraction of sp³-hybridized carbons (Fsp3) is 0.381. The van der Waals surface area contributed by atoms with Gasteiger partial charge in [0.25, 0.3) is 5.91 Å². The number of amides is 1. The van der Waals surface area contributed by atoms with Crippen LogP contribution in [0.5, 0.6) is 0 Å². The zero-order valence-corrected chi connectivity index (χ0v) is 17.4. The van der Waals surface area contributed by atoms with Crippen molar-refractivity contribution < 1.29 is 24.0 Å². The Morgan fingerprint density at radius 3 is 2.36 bits per heavy atom. The van der Waals surface area contributed by atoms with Crippen molar-refractivity contribution in [3.63, 3.8) is 0 Å². The molecule has 7 heteroatoms. The van der Waals surface area contributed by atoms with Gasteiger partial charge in [-0.1, -0.05) is 12.1 Å². The molecule has 0 saturated carbocycles. The van der Waals surface area contributed by atoms with Crippen LogP contribution in [0.25, 0.3) is 0 Å². The van der Waals surface area contributed by atoms with Crippen LogP contribution in [0.15, 0.2) is 24.3 Å². The molecule has 28 heavy (non-hydrogen) atoms. The Labute approximate surface area is 168 Å². The topological polar surface area (TPSA) is 76.9 Å². The summed E-state index contributed by atoms with van der Waals surface area (Å²) in [7, 11) is 1.35. The molecule has 0 radical (unpaired) electrons. The minimum absolute atomic E-state index is 0.0527. The van der Waals surface area contributed by atoms with Gasteiger partial charge in [-0.25, -0.2) is 4.79 Å². The number of thiophene rings is 1. The molecule has 2 aromatic rings. The SMILES string of the molecule is COC(=O)c1c(NC(=O)c2ccc(C(C)=O)cc2)sc2c1CC[NH+](C(C)C)C2. The lowest BCUT2D eigenvalue weighted by molar-refractivity contribution is -0.936. The second-order valence-electron chi connectivity index (χ2n) is 7.28. The van der Waals surface area contributed by atoms with Gasteiger partial charge in [0.1, 0.15) is 11.5 Å². The van der Waals surface area contributed by atoms with Crippen molar-refractivity contribution in [3.8, 4) is 0 Å². The molecule has 6 nitrogen and oxygen atoms in total. The highest BCUT2D eigenvalue weighted by Crippen LogP contribution is 2.35. The molecule has 0 spiro atoms. The average Bonchev–Trinajstić information content (AvgIpc) is 3.04. The van der Waals surface area contributed by atoms with Crippen molar-refractivity contribution in [3.05, 3.63) is 51.4 Å². The lowest BCUT2D eigenvalue weighted by atomic mass is 10.0. The molecule has 1 amide bonds. The number of hydrogen-bond acceptors (Lipinski definition) is 5. The molecule has 2 N–H and O–H groups in total. The maximum absolute atomic E-state index is 12.7. The first kappa shape index (κ1) is 20.2. The second-order valence-corrected chi connectivity index (χ2v) is 8.38. The number of carbonyl (C=O) groups excluding carboxylic acids is 3. The van der Waals surface area contributed by atoms with E-state index in [4.69, 9.17) is 4.74 Å². The van der Waals surface area contributed by atoms with Gasteiger partial charge in [0.2, 0.25) is 0 Å². The van der Waals surface area contributed by atoms with Gasteiger partial charge in [0.15, 0.2) is 5.78 Å². The summed E-state index contributed by atoms with van der Waals surface area (Å²) >= 11 is 1.45. The van der Waals surface area contributed by atoms with Crippen molar-refractivity contribution in [2.45, 2.75) is 39.8 Å². The number of carbonyl (C=O) groups is 3. The van der Waals surface area contributed by atoms with Gasteiger partial charge in [-0.2, -0.15) is 0 Å². The van der Waals surface area contributed by atoms with Gasteiger partial charge < -0.3 is 15.0 Å². The maximum Gasteiger partial charge on any atom is 0.341 e. The third-order valence-electron chi connectivity index (χ3n) is 5.16. The minimum atomic E-state index is -0.423. The smallest absolute Gasteiger partial charge is 0.341 e. The summed E-state index contributed by atoms with van der Waals surface area (Å²) in [4.78, 5) is 39.1. The molecule has 2 heterocycles. The molecule has 0 saturated heterocycles. The summed E-state index contributed by atoms with van der Waals surface area (Å²) in [5, 5.41) is 3.41. The Balaban J connectivity index is 1.89. The number of anilines is 1. The van der Waals surface area contributed by atoms with E-state index < -0.39 is 5.97 Å². The summed E-state index contributed by atoms with van der Waals surface area (Å²) in [6.45, 7) is 7.64. The number of ether oxygens (including phenoxy) is 1. The molecular formula is C21H25N2O4S+. The van der Waals surface area contributed by atoms with Gasteiger partial charge in [-0.3, -0.25) is 9.59 Å². The third kappa shape index (κ3) is 4.00. The van der Waals surface area contributed by atoms with Crippen molar-refractivity contribution in [1.82, 2.24) is 0 Å². The number of methoxy groups -OCH3 is 1. The highest BCUT2D eigenvalue weighted by Gasteiger charge is 2.32.